The fourth-order valence-electron chi connectivity index (χ4n) is 1.67. The van der Waals surface area contributed by atoms with Crippen LogP contribution in [0.25, 0.3) is 0 Å². The number of rotatable bonds is 4. The summed E-state index contributed by atoms with van der Waals surface area (Å²) in [6, 6.07) is 6.25. The molecule has 20 heavy (non-hydrogen) atoms. The maximum Gasteiger partial charge on any atom is 0.275 e. The first kappa shape index (κ1) is 14.8. The molecule has 2 rings (SSSR count). The van der Waals surface area contributed by atoms with Crippen molar-refractivity contribution in [3.05, 3.63) is 45.4 Å². The number of amides is 1. The van der Waals surface area contributed by atoms with E-state index in [0.29, 0.717) is 16.3 Å². The summed E-state index contributed by atoms with van der Waals surface area (Å²) in [6.45, 7) is 1.94. The van der Waals surface area contributed by atoms with Crippen molar-refractivity contribution < 1.29 is 9.18 Å². The van der Waals surface area contributed by atoms with Crippen LogP contribution >= 0.6 is 23.1 Å². The Balaban J connectivity index is 2.10. The number of hydrazine groups is 1. The lowest BCUT2D eigenvalue weighted by Crippen LogP contribution is -2.29. The highest BCUT2D eigenvalue weighted by molar-refractivity contribution is 7.98. The first-order valence-electron chi connectivity index (χ1n) is 5.78. The lowest BCUT2D eigenvalue weighted by molar-refractivity contribution is 0.0957. The van der Waals surface area contributed by atoms with Crippen molar-refractivity contribution in [3.63, 3.8) is 0 Å². The van der Waals surface area contributed by atoms with E-state index < -0.39 is 0 Å². The van der Waals surface area contributed by atoms with Crippen molar-refractivity contribution in [2.75, 3.05) is 5.73 Å². The Morgan fingerprint density at radius 1 is 1.40 bits per heavy atom. The molecule has 0 aliphatic carbocycles. The molecule has 0 saturated carbocycles. The zero-order chi connectivity index (χ0) is 14.7. The summed E-state index contributed by atoms with van der Waals surface area (Å²) in [7, 11) is 0. The van der Waals surface area contributed by atoms with Crippen LogP contribution in [-0.2, 0) is 5.75 Å². The third-order valence-corrected chi connectivity index (χ3v) is 4.78. The molecule has 7 heteroatoms. The maximum atomic E-state index is 13.2. The summed E-state index contributed by atoms with van der Waals surface area (Å²) in [4.78, 5) is 13.8. The number of carbonyl (C=O) groups excluding carboxylic acids is 1. The van der Waals surface area contributed by atoms with Crippen molar-refractivity contribution in [3.8, 4) is 0 Å². The summed E-state index contributed by atoms with van der Waals surface area (Å²) in [5.41, 5.74) is 9.14. The minimum absolute atomic E-state index is 0.302. The van der Waals surface area contributed by atoms with Gasteiger partial charge < -0.3 is 5.73 Å². The smallest absolute Gasteiger partial charge is 0.275 e. The van der Waals surface area contributed by atoms with Crippen LogP contribution in [0.4, 0.5) is 10.1 Å². The highest BCUT2D eigenvalue weighted by atomic mass is 32.2. The molecular formula is C13H14FN3OS2. The minimum Gasteiger partial charge on any atom is -0.399 e. The van der Waals surface area contributed by atoms with E-state index in [4.69, 9.17) is 11.6 Å². The second kappa shape index (κ2) is 6.25. The lowest BCUT2D eigenvalue weighted by Gasteiger charge is -2.03. The third-order valence-electron chi connectivity index (χ3n) is 2.66. The Labute approximate surface area is 124 Å². The molecule has 0 aliphatic heterocycles. The predicted molar refractivity (Wildman–Crippen MR) is 81.1 cm³/mol. The van der Waals surface area contributed by atoms with Gasteiger partial charge >= 0.3 is 0 Å². The van der Waals surface area contributed by atoms with E-state index in [1.54, 1.807) is 12.1 Å². The largest absolute Gasteiger partial charge is 0.399 e. The third kappa shape index (κ3) is 3.50. The van der Waals surface area contributed by atoms with E-state index in [0.717, 1.165) is 15.3 Å². The van der Waals surface area contributed by atoms with Crippen LogP contribution in [0.2, 0.25) is 0 Å². The topological polar surface area (TPSA) is 81.1 Å². The molecule has 0 atom stereocenters. The summed E-state index contributed by atoms with van der Waals surface area (Å²) >= 11 is 2.86. The summed E-state index contributed by atoms with van der Waals surface area (Å²) < 4.78 is 13.2. The molecule has 0 unspecified atom stereocenters. The maximum absolute atomic E-state index is 13.2. The molecule has 1 aromatic heterocycles. The van der Waals surface area contributed by atoms with Gasteiger partial charge in [0.1, 0.15) is 5.82 Å². The molecule has 0 spiro atoms. The predicted octanol–water partition coefficient (Wildman–Crippen LogP) is 2.67. The quantitative estimate of drug-likeness (QED) is 0.267. The van der Waals surface area contributed by atoms with Crippen LogP contribution in [0, 0.1) is 12.7 Å². The van der Waals surface area contributed by atoms with Crippen LogP contribution in [-0.4, -0.2) is 5.91 Å². The van der Waals surface area contributed by atoms with Gasteiger partial charge in [0.15, 0.2) is 0 Å². The number of hydrogen-bond donors (Lipinski definition) is 3. The van der Waals surface area contributed by atoms with E-state index in [-0.39, 0.29) is 11.7 Å². The van der Waals surface area contributed by atoms with Crippen molar-refractivity contribution >= 4 is 34.7 Å². The van der Waals surface area contributed by atoms with Gasteiger partial charge in [0.2, 0.25) is 0 Å². The van der Waals surface area contributed by atoms with Crippen LogP contribution in [0.15, 0.2) is 29.2 Å². The van der Waals surface area contributed by atoms with Gasteiger partial charge in [0, 0.05) is 21.2 Å². The van der Waals surface area contributed by atoms with Crippen LogP contribution in [0.3, 0.4) is 0 Å². The van der Waals surface area contributed by atoms with Gasteiger partial charge in [0.25, 0.3) is 5.91 Å². The van der Waals surface area contributed by atoms with E-state index in [9.17, 15) is 9.18 Å². The van der Waals surface area contributed by atoms with E-state index >= 15 is 0 Å². The van der Waals surface area contributed by atoms with Gasteiger partial charge in [-0.2, -0.15) is 0 Å². The number of thioether (sulfide) groups is 1. The lowest BCUT2D eigenvalue weighted by atomic mass is 10.3. The summed E-state index contributed by atoms with van der Waals surface area (Å²) in [6.07, 6.45) is 0. The number of benzene rings is 1. The Morgan fingerprint density at radius 2 is 2.15 bits per heavy atom. The normalized spacial score (nSPS) is 10.6. The van der Waals surface area contributed by atoms with Crippen LogP contribution in [0.5, 0.6) is 0 Å². The monoisotopic (exact) mass is 311 g/mol. The average molecular weight is 311 g/mol. The molecule has 0 bridgehead atoms. The van der Waals surface area contributed by atoms with E-state index in [2.05, 4.69) is 5.43 Å². The number of carbonyl (C=O) groups is 1. The average Bonchev–Trinajstić information content (AvgIpc) is 2.76. The summed E-state index contributed by atoms with van der Waals surface area (Å²) in [5.74, 6) is 5.10. The van der Waals surface area contributed by atoms with Gasteiger partial charge in [-0.1, -0.05) is 0 Å². The molecule has 1 amide bonds. The molecule has 4 nitrogen and oxygen atoms in total. The highest BCUT2D eigenvalue weighted by Crippen LogP contribution is 2.30. The van der Waals surface area contributed by atoms with Crippen molar-refractivity contribution in [1.29, 1.82) is 0 Å². The molecule has 0 fully saturated rings. The minimum atomic E-state index is -0.349. The number of anilines is 1. The Bertz CT molecular complexity index is 622. The Morgan fingerprint density at radius 3 is 2.80 bits per heavy atom. The number of nitrogen functional groups attached to an aromatic ring is 2. The van der Waals surface area contributed by atoms with Gasteiger partial charge in [0.05, 0.1) is 4.88 Å². The van der Waals surface area contributed by atoms with Gasteiger partial charge in [-0.3, -0.25) is 10.2 Å². The molecule has 0 saturated heterocycles. The number of thiophene rings is 1. The first-order valence-corrected chi connectivity index (χ1v) is 7.59. The zero-order valence-electron chi connectivity index (χ0n) is 10.8. The summed E-state index contributed by atoms with van der Waals surface area (Å²) in [5, 5.41) is 0. The highest BCUT2D eigenvalue weighted by Gasteiger charge is 2.11. The molecule has 0 radical (unpaired) electrons. The van der Waals surface area contributed by atoms with Gasteiger partial charge in [-0.25, -0.2) is 10.2 Å². The number of nitrogens with two attached hydrogens (primary N) is 2. The Hall–Kier alpha value is -1.57. The molecule has 0 aliphatic rings. The number of nitrogens with one attached hydrogen (secondary N) is 1. The fraction of sp³-hybridized carbons (Fsp3) is 0.154. The van der Waals surface area contributed by atoms with E-state index in [1.165, 1.54) is 35.2 Å². The number of aryl methyl sites for hydroxylation is 1. The molecule has 2 aromatic rings. The van der Waals surface area contributed by atoms with E-state index in [1.807, 2.05) is 6.92 Å². The second-order valence-corrected chi connectivity index (χ2v) is 6.48. The molecule has 106 valence electrons. The Kier molecular flexibility index (Phi) is 4.64. The molecule has 1 aromatic carbocycles. The van der Waals surface area contributed by atoms with Crippen LogP contribution < -0.4 is 17.0 Å². The van der Waals surface area contributed by atoms with Crippen molar-refractivity contribution in [1.82, 2.24) is 5.43 Å². The van der Waals surface area contributed by atoms with Gasteiger partial charge in [-0.05, 0) is 36.8 Å². The molecule has 5 N–H and O–H groups in total. The SMILES string of the molecule is Cc1sc(C(=O)NN)cc1CSc1cc(N)cc(F)c1. The standard InChI is InChI=1S/C13H14FN3OS2/c1-7-8(2-12(20-7)13(18)17-16)6-19-11-4-9(14)3-10(15)5-11/h2-5H,6,15-16H2,1H3,(H,17,18). The molecule has 1 heterocycles. The fourth-order valence-corrected chi connectivity index (χ4v) is 3.75. The first-order chi connectivity index (χ1) is 9.49. The second-order valence-electron chi connectivity index (χ2n) is 4.17. The molecular weight excluding hydrogens is 297 g/mol. The number of halogens is 1. The van der Waals surface area contributed by atoms with Crippen molar-refractivity contribution in [2.24, 2.45) is 5.84 Å². The van der Waals surface area contributed by atoms with Crippen LogP contribution in [0.1, 0.15) is 20.1 Å². The van der Waals surface area contributed by atoms with Gasteiger partial charge in [-0.15, -0.1) is 23.1 Å². The zero-order valence-corrected chi connectivity index (χ0v) is 12.4. The van der Waals surface area contributed by atoms with Crippen molar-refractivity contribution in [2.45, 2.75) is 17.6 Å². The number of hydrogen-bond acceptors (Lipinski definition) is 5.